The average molecular weight is 446 g/mol. The van der Waals surface area contributed by atoms with E-state index in [1.807, 2.05) is 34.6 Å². The Morgan fingerprint density at radius 1 is 1.10 bits per heavy atom. The Balaban J connectivity index is 2.50. The molecule has 2 aromatic rings. The van der Waals surface area contributed by atoms with E-state index in [0.29, 0.717) is 41.3 Å². The average Bonchev–Trinajstić information content (AvgIpc) is 2.73. The van der Waals surface area contributed by atoms with Gasteiger partial charge in [-0.1, -0.05) is 52.3 Å². The lowest BCUT2D eigenvalue weighted by Gasteiger charge is -2.19. The second-order valence-electron chi connectivity index (χ2n) is 8.73. The lowest BCUT2D eigenvalue weighted by atomic mass is 9.92. The van der Waals surface area contributed by atoms with E-state index in [0.717, 1.165) is 19.3 Å². The zero-order chi connectivity index (χ0) is 23.2. The van der Waals surface area contributed by atoms with Crippen LogP contribution in [0.4, 0.5) is 0 Å². The van der Waals surface area contributed by atoms with Crippen LogP contribution in [-0.4, -0.2) is 45.0 Å². The van der Waals surface area contributed by atoms with Gasteiger partial charge in [-0.15, -0.1) is 0 Å². The number of ketones is 1. The molecule has 31 heavy (non-hydrogen) atoms. The first-order valence-electron chi connectivity index (χ1n) is 11.1. The number of carbonyl (C=O) groups is 2. The minimum absolute atomic E-state index is 0.0714. The monoisotopic (exact) mass is 445 g/mol. The molecule has 0 saturated carbocycles. The van der Waals surface area contributed by atoms with Gasteiger partial charge in [-0.2, -0.15) is 0 Å². The minimum atomic E-state index is -0.444. The zero-order valence-corrected chi connectivity index (χ0v) is 20.5. The van der Waals surface area contributed by atoms with E-state index in [1.54, 1.807) is 27.7 Å². The van der Waals surface area contributed by atoms with Crippen molar-refractivity contribution in [1.82, 2.24) is 14.5 Å². The molecule has 0 aliphatic carbocycles. The first-order chi connectivity index (χ1) is 14.6. The van der Waals surface area contributed by atoms with Gasteiger partial charge in [0.05, 0.1) is 16.7 Å². The molecular weight excluding hydrogens is 410 g/mol. The molecule has 0 N–H and O–H groups in total. The van der Waals surface area contributed by atoms with Gasteiger partial charge in [0.2, 0.25) is 0 Å². The third kappa shape index (κ3) is 6.19. The maximum Gasteiger partial charge on any atom is 0.262 e. The molecule has 0 bridgehead atoms. The van der Waals surface area contributed by atoms with Crippen LogP contribution >= 0.6 is 11.8 Å². The van der Waals surface area contributed by atoms with E-state index >= 15 is 0 Å². The van der Waals surface area contributed by atoms with Crippen LogP contribution in [0.25, 0.3) is 10.9 Å². The molecule has 1 aromatic carbocycles. The molecule has 1 heterocycles. The molecule has 0 fully saturated rings. The van der Waals surface area contributed by atoms with Gasteiger partial charge in [-0.3, -0.25) is 19.0 Å². The van der Waals surface area contributed by atoms with Crippen LogP contribution < -0.4 is 5.56 Å². The highest BCUT2D eigenvalue weighted by Gasteiger charge is 2.23. The van der Waals surface area contributed by atoms with Crippen molar-refractivity contribution in [3.63, 3.8) is 0 Å². The number of hydrogen-bond donors (Lipinski definition) is 0. The van der Waals surface area contributed by atoms with E-state index in [1.165, 1.54) is 11.8 Å². The molecule has 0 aliphatic heterocycles. The number of unbranched alkanes of at least 4 members (excludes halogenated alkanes) is 2. The van der Waals surface area contributed by atoms with Gasteiger partial charge in [0.1, 0.15) is 5.78 Å². The molecule has 170 valence electrons. The van der Waals surface area contributed by atoms with Crippen LogP contribution in [0.1, 0.15) is 71.2 Å². The number of carbonyl (C=O) groups excluding carboxylic acids is 2. The number of aromatic nitrogens is 2. The van der Waals surface area contributed by atoms with Gasteiger partial charge < -0.3 is 4.90 Å². The van der Waals surface area contributed by atoms with Gasteiger partial charge in [-0.05, 0) is 38.5 Å². The minimum Gasteiger partial charge on any atom is -0.339 e. The van der Waals surface area contributed by atoms with Gasteiger partial charge >= 0.3 is 0 Å². The Kier molecular flexibility index (Phi) is 8.86. The number of hydrogen-bond acceptors (Lipinski definition) is 5. The quantitative estimate of drug-likeness (QED) is 0.299. The van der Waals surface area contributed by atoms with Crippen molar-refractivity contribution in [3.05, 3.63) is 34.1 Å². The summed E-state index contributed by atoms with van der Waals surface area (Å²) in [5.74, 6) is 0.295. The SMILES string of the molecule is CCCCCn1c(SCC(=O)C(C)(C)C)nc2cc(C(=O)N(CC)CC)ccc2c1=O. The van der Waals surface area contributed by atoms with Crippen molar-refractivity contribution in [2.24, 2.45) is 5.41 Å². The Morgan fingerprint density at radius 2 is 1.77 bits per heavy atom. The van der Waals surface area contributed by atoms with E-state index in [-0.39, 0.29) is 23.0 Å². The molecule has 0 radical (unpaired) electrons. The highest BCUT2D eigenvalue weighted by atomic mass is 32.2. The third-order valence-corrected chi connectivity index (χ3v) is 6.35. The summed E-state index contributed by atoms with van der Waals surface area (Å²) in [6.07, 6.45) is 2.95. The molecule has 7 heteroatoms. The standard InChI is InChI=1S/C24H35N3O3S/c1-7-10-11-14-27-22(30)18-13-12-17(21(29)26(8-2)9-3)15-19(18)25-23(27)31-16-20(28)24(4,5)6/h12-13,15H,7-11,14,16H2,1-6H3. The maximum atomic E-state index is 13.2. The summed E-state index contributed by atoms with van der Waals surface area (Å²) in [5, 5.41) is 1.04. The third-order valence-electron chi connectivity index (χ3n) is 5.37. The molecule has 0 unspecified atom stereocenters. The van der Waals surface area contributed by atoms with E-state index < -0.39 is 5.41 Å². The van der Waals surface area contributed by atoms with Crippen molar-refractivity contribution in [2.75, 3.05) is 18.8 Å². The van der Waals surface area contributed by atoms with Gasteiger partial charge in [0, 0.05) is 30.6 Å². The smallest absolute Gasteiger partial charge is 0.262 e. The number of benzene rings is 1. The Labute approximate surface area is 189 Å². The molecule has 0 saturated heterocycles. The summed E-state index contributed by atoms with van der Waals surface area (Å²) < 4.78 is 1.69. The Morgan fingerprint density at radius 3 is 2.35 bits per heavy atom. The Bertz CT molecular complexity index is 988. The first-order valence-corrected chi connectivity index (χ1v) is 12.1. The molecule has 0 spiro atoms. The fourth-order valence-electron chi connectivity index (χ4n) is 3.20. The van der Waals surface area contributed by atoms with Crippen LogP contribution in [-0.2, 0) is 11.3 Å². The van der Waals surface area contributed by atoms with Crippen LogP contribution in [0.5, 0.6) is 0 Å². The lowest BCUT2D eigenvalue weighted by Crippen LogP contribution is -2.30. The Hall–Kier alpha value is -2.15. The maximum absolute atomic E-state index is 13.2. The van der Waals surface area contributed by atoms with Crippen molar-refractivity contribution >= 4 is 34.4 Å². The van der Waals surface area contributed by atoms with Crippen molar-refractivity contribution in [2.45, 2.75) is 72.5 Å². The fourth-order valence-corrected chi connectivity index (χ4v) is 4.39. The summed E-state index contributed by atoms with van der Waals surface area (Å²) in [4.78, 5) is 44.9. The van der Waals surface area contributed by atoms with Gasteiger partial charge in [0.15, 0.2) is 5.16 Å². The number of Topliss-reactive ketones (excluding diaryl/α,β-unsaturated/α-hetero) is 1. The van der Waals surface area contributed by atoms with Crippen LogP contribution in [0.15, 0.2) is 28.2 Å². The van der Waals surface area contributed by atoms with Crippen LogP contribution in [0.3, 0.4) is 0 Å². The van der Waals surface area contributed by atoms with Crippen molar-refractivity contribution < 1.29 is 9.59 Å². The number of rotatable bonds is 10. The van der Waals surface area contributed by atoms with Crippen molar-refractivity contribution in [3.8, 4) is 0 Å². The second kappa shape index (κ2) is 10.9. The van der Waals surface area contributed by atoms with Crippen LogP contribution in [0, 0.1) is 5.41 Å². The normalized spacial score (nSPS) is 11.7. The molecule has 2 rings (SSSR count). The molecule has 6 nitrogen and oxygen atoms in total. The summed E-state index contributed by atoms with van der Waals surface area (Å²) in [6, 6.07) is 5.11. The topological polar surface area (TPSA) is 72.3 Å². The van der Waals surface area contributed by atoms with Gasteiger partial charge in [0.25, 0.3) is 11.5 Å². The van der Waals surface area contributed by atoms with E-state index in [4.69, 9.17) is 4.98 Å². The number of amides is 1. The summed E-state index contributed by atoms with van der Waals surface area (Å²) in [6.45, 7) is 13.5. The zero-order valence-electron chi connectivity index (χ0n) is 19.7. The highest BCUT2D eigenvalue weighted by Crippen LogP contribution is 2.24. The summed E-state index contributed by atoms with van der Waals surface area (Å²) in [5.41, 5.74) is 0.461. The second-order valence-corrected chi connectivity index (χ2v) is 9.67. The van der Waals surface area contributed by atoms with E-state index in [9.17, 15) is 14.4 Å². The lowest BCUT2D eigenvalue weighted by molar-refractivity contribution is -0.123. The number of nitrogens with zero attached hydrogens (tertiary/aromatic N) is 3. The van der Waals surface area contributed by atoms with Gasteiger partial charge in [-0.25, -0.2) is 4.98 Å². The summed E-state index contributed by atoms with van der Waals surface area (Å²) >= 11 is 1.31. The first kappa shape index (κ1) is 25.1. The van der Waals surface area contributed by atoms with Crippen LogP contribution in [0.2, 0.25) is 0 Å². The number of fused-ring (bicyclic) bond motifs is 1. The summed E-state index contributed by atoms with van der Waals surface area (Å²) in [7, 11) is 0. The van der Waals surface area contributed by atoms with Crippen molar-refractivity contribution in [1.29, 1.82) is 0 Å². The predicted octanol–water partition coefficient (Wildman–Crippen LogP) is 4.78. The molecule has 1 aromatic heterocycles. The predicted molar refractivity (Wildman–Crippen MR) is 128 cm³/mol. The fraction of sp³-hybridized carbons (Fsp3) is 0.583. The highest BCUT2D eigenvalue weighted by molar-refractivity contribution is 7.99. The molecular formula is C24H35N3O3S. The van der Waals surface area contributed by atoms with E-state index in [2.05, 4.69) is 6.92 Å². The largest absolute Gasteiger partial charge is 0.339 e. The molecule has 1 amide bonds. The molecule has 0 atom stereocenters. The molecule has 0 aliphatic rings. The number of thioether (sulfide) groups is 1.